The van der Waals surface area contributed by atoms with Gasteiger partial charge in [0.25, 0.3) is 0 Å². The molecule has 3 atom stereocenters. The van der Waals surface area contributed by atoms with E-state index in [1.807, 2.05) is 0 Å². The molecule has 0 bridgehead atoms. The molecule has 2 aliphatic rings. The van der Waals surface area contributed by atoms with Crippen LogP contribution < -0.4 is 10.6 Å². The van der Waals surface area contributed by atoms with Crippen molar-refractivity contribution in [2.24, 2.45) is 0 Å². The molecule has 0 spiro atoms. The Balaban J connectivity index is 1.66. The number of rotatable bonds is 5. The van der Waals surface area contributed by atoms with E-state index in [0.29, 0.717) is 19.4 Å². The summed E-state index contributed by atoms with van der Waals surface area (Å²) < 4.78 is 25.8. The van der Waals surface area contributed by atoms with Crippen LogP contribution in [0.3, 0.4) is 0 Å². The van der Waals surface area contributed by atoms with Crippen LogP contribution in [0.2, 0.25) is 10.0 Å². The number of halogens is 2. The Kier molecular flexibility index (Phi) is 6.80. The third kappa shape index (κ3) is 4.28. The van der Waals surface area contributed by atoms with E-state index in [0.717, 1.165) is 11.8 Å². The highest BCUT2D eigenvalue weighted by Gasteiger charge is 2.46. The number of aliphatic hydroxyl groups is 2. The Hall–Kier alpha value is -1.01. The Morgan fingerprint density at radius 3 is 2.79 bits per heavy atom. The van der Waals surface area contributed by atoms with E-state index in [9.17, 15) is 23.4 Å². The minimum absolute atomic E-state index is 0.0639. The second-order valence-corrected chi connectivity index (χ2v) is 10.4. The largest absolute Gasteiger partial charge is 0.395 e. The van der Waals surface area contributed by atoms with E-state index in [4.69, 9.17) is 23.2 Å². The van der Waals surface area contributed by atoms with Crippen molar-refractivity contribution in [3.63, 3.8) is 0 Å². The van der Waals surface area contributed by atoms with Crippen molar-refractivity contribution in [1.29, 1.82) is 0 Å². The van der Waals surface area contributed by atoms with Crippen molar-refractivity contribution in [2.45, 2.75) is 29.6 Å². The van der Waals surface area contributed by atoms with Crippen LogP contribution in [0.4, 0.5) is 10.5 Å². The van der Waals surface area contributed by atoms with Gasteiger partial charge in [0.2, 0.25) is 10.0 Å². The van der Waals surface area contributed by atoms with E-state index in [-0.39, 0.29) is 28.0 Å². The molecule has 1 aromatic rings. The number of nitrogens with zero attached hydrogens (tertiary/aromatic N) is 1. The number of nitrogens with one attached hydrogen (secondary N) is 2. The molecule has 2 heterocycles. The van der Waals surface area contributed by atoms with Gasteiger partial charge in [-0.3, -0.25) is 0 Å². The van der Waals surface area contributed by atoms with Gasteiger partial charge < -0.3 is 20.8 Å². The van der Waals surface area contributed by atoms with Gasteiger partial charge in [0.1, 0.15) is 6.10 Å². The predicted molar refractivity (Wildman–Crippen MR) is 110 cm³/mol. The van der Waals surface area contributed by atoms with Gasteiger partial charge >= 0.3 is 6.03 Å². The first-order valence-electron chi connectivity index (χ1n) is 8.43. The molecule has 1 fully saturated rings. The normalized spacial score (nSPS) is 25.6. The van der Waals surface area contributed by atoms with Crippen LogP contribution in [0, 0.1) is 0 Å². The molecule has 12 heteroatoms. The van der Waals surface area contributed by atoms with Crippen molar-refractivity contribution in [1.82, 2.24) is 9.62 Å². The molecular formula is C16H19Cl2N3O5S2. The number of hydrogen-bond donors (Lipinski definition) is 4. The number of aliphatic hydroxyl groups excluding tert-OH is 2. The van der Waals surface area contributed by atoms with E-state index >= 15 is 0 Å². The van der Waals surface area contributed by atoms with Gasteiger partial charge in [0.05, 0.1) is 28.0 Å². The highest BCUT2D eigenvalue weighted by Crippen LogP contribution is 2.37. The van der Waals surface area contributed by atoms with Gasteiger partial charge in [-0.15, -0.1) is 11.8 Å². The fraction of sp³-hybridized carbons (Fsp3) is 0.438. The number of hydrogen-bond acceptors (Lipinski definition) is 6. The molecule has 1 saturated heterocycles. The third-order valence-corrected chi connectivity index (χ3v) is 9.29. The van der Waals surface area contributed by atoms with Crippen molar-refractivity contribution in [2.75, 3.05) is 18.5 Å². The molecular weight excluding hydrogens is 449 g/mol. The maximum Gasteiger partial charge on any atom is 0.323 e. The number of thioether (sulfide) groups is 1. The molecule has 28 heavy (non-hydrogen) atoms. The molecule has 4 N–H and O–H groups in total. The van der Waals surface area contributed by atoms with Crippen LogP contribution in [-0.2, 0) is 10.0 Å². The zero-order chi connectivity index (χ0) is 20.5. The molecule has 2 amide bonds. The number of amides is 2. The second kappa shape index (κ2) is 8.78. The number of urea groups is 1. The summed E-state index contributed by atoms with van der Waals surface area (Å²) >= 11 is 12.8. The third-order valence-electron chi connectivity index (χ3n) is 4.52. The lowest BCUT2D eigenvalue weighted by Gasteiger charge is -2.27. The van der Waals surface area contributed by atoms with Gasteiger partial charge in [-0.25, -0.2) is 13.2 Å². The number of sulfonamides is 1. The SMILES string of the molecule is O=C(NC1=CSC(S(=O)(=O)N2CCC[C@H]2CO)C1O)Nc1cccc(Cl)c1Cl. The molecule has 0 radical (unpaired) electrons. The summed E-state index contributed by atoms with van der Waals surface area (Å²) in [5.41, 5.74) is 0.341. The van der Waals surface area contributed by atoms with Crippen molar-refractivity contribution >= 4 is 56.7 Å². The van der Waals surface area contributed by atoms with Gasteiger partial charge in [-0.05, 0) is 30.4 Å². The maximum atomic E-state index is 12.9. The topological polar surface area (TPSA) is 119 Å². The number of benzene rings is 1. The Bertz CT molecular complexity index is 896. The first kappa shape index (κ1) is 21.7. The van der Waals surface area contributed by atoms with Crippen molar-refractivity contribution in [3.05, 3.63) is 39.3 Å². The van der Waals surface area contributed by atoms with Crippen LogP contribution in [0.1, 0.15) is 12.8 Å². The van der Waals surface area contributed by atoms with Gasteiger partial charge in [-0.2, -0.15) is 4.31 Å². The average Bonchev–Trinajstić information content (AvgIpc) is 3.27. The van der Waals surface area contributed by atoms with Crippen molar-refractivity contribution in [3.8, 4) is 0 Å². The minimum atomic E-state index is -3.86. The first-order valence-corrected chi connectivity index (χ1v) is 11.6. The molecule has 1 aromatic carbocycles. The number of carbonyl (C=O) groups excluding carboxylic acids is 1. The average molecular weight is 468 g/mol. The predicted octanol–water partition coefficient (Wildman–Crippen LogP) is 2.18. The van der Waals surface area contributed by atoms with Crippen LogP contribution in [-0.4, -0.2) is 58.8 Å². The Morgan fingerprint density at radius 1 is 1.32 bits per heavy atom. The monoisotopic (exact) mass is 467 g/mol. The first-order chi connectivity index (χ1) is 13.3. The summed E-state index contributed by atoms with van der Waals surface area (Å²) in [5.74, 6) is 0. The summed E-state index contributed by atoms with van der Waals surface area (Å²) in [6.45, 7) is 0.0297. The molecule has 2 aliphatic heterocycles. The van der Waals surface area contributed by atoms with Crippen LogP contribution in [0.5, 0.6) is 0 Å². The Morgan fingerprint density at radius 2 is 2.07 bits per heavy atom. The summed E-state index contributed by atoms with van der Waals surface area (Å²) in [6, 6.07) is 3.56. The number of anilines is 1. The lowest BCUT2D eigenvalue weighted by molar-refractivity contribution is 0.201. The summed E-state index contributed by atoms with van der Waals surface area (Å²) in [6.07, 6.45) is -0.195. The quantitative estimate of drug-likeness (QED) is 0.526. The summed E-state index contributed by atoms with van der Waals surface area (Å²) in [7, 11) is -3.86. The van der Waals surface area contributed by atoms with E-state index in [2.05, 4.69) is 10.6 Å². The highest BCUT2D eigenvalue weighted by molar-refractivity contribution is 8.14. The number of carbonyl (C=O) groups is 1. The molecule has 0 aromatic heterocycles. The van der Waals surface area contributed by atoms with Gasteiger partial charge in [0.15, 0.2) is 4.58 Å². The van der Waals surface area contributed by atoms with E-state index in [1.165, 1.54) is 9.71 Å². The zero-order valence-corrected chi connectivity index (χ0v) is 17.7. The molecule has 3 rings (SSSR count). The summed E-state index contributed by atoms with van der Waals surface area (Å²) in [4.78, 5) is 12.2. The van der Waals surface area contributed by atoms with E-state index < -0.39 is 32.8 Å². The molecule has 0 saturated carbocycles. The smallest absolute Gasteiger partial charge is 0.323 e. The van der Waals surface area contributed by atoms with Gasteiger partial charge in [0, 0.05) is 12.6 Å². The molecule has 8 nitrogen and oxygen atoms in total. The molecule has 0 aliphatic carbocycles. The van der Waals surface area contributed by atoms with Gasteiger partial charge in [-0.1, -0.05) is 29.3 Å². The van der Waals surface area contributed by atoms with Crippen LogP contribution in [0.25, 0.3) is 0 Å². The fourth-order valence-electron chi connectivity index (χ4n) is 3.11. The standard InChI is InChI=1S/C16H19Cl2N3O5S2/c17-10-4-1-5-11(13(10)18)19-16(24)20-12-8-27-15(14(12)23)28(25,26)21-6-2-3-9(21)7-22/h1,4-5,8-9,14-15,22-23H,2-3,6-7H2,(H2,19,20,24)/t9-,14?,15?/m0/s1. The fourth-order valence-corrected chi connectivity index (χ4v) is 7.01. The zero-order valence-electron chi connectivity index (χ0n) is 14.5. The lowest BCUT2D eigenvalue weighted by Crippen LogP contribution is -2.46. The molecule has 154 valence electrons. The molecule has 2 unspecified atom stereocenters. The van der Waals surface area contributed by atoms with Crippen LogP contribution in [0.15, 0.2) is 29.3 Å². The highest BCUT2D eigenvalue weighted by atomic mass is 35.5. The van der Waals surface area contributed by atoms with Crippen LogP contribution >= 0.6 is 35.0 Å². The van der Waals surface area contributed by atoms with E-state index in [1.54, 1.807) is 18.2 Å². The lowest BCUT2D eigenvalue weighted by atomic mass is 10.2. The van der Waals surface area contributed by atoms with Crippen molar-refractivity contribution < 1.29 is 23.4 Å². The minimum Gasteiger partial charge on any atom is -0.395 e. The second-order valence-electron chi connectivity index (χ2n) is 6.34. The summed E-state index contributed by atoms with van der Waals surface area (Å²) in [5, 5.41) is 26.6. The maximum absolute atomic E-state index is 12.9. The Labute approximate surface area is 176 Å².